The third-order valence-electron chi connectivity index (χ3n) is 10.2. The highest BCUT2D eigenvalue weighted by atomic mass is 31.2. The molecule has 0 amide bonds. The van der Waals surface area contributed by atoms with Gasteiger partial charge in [0.05, 0.1) is 34.4 Å². The SMILES string of the molecule is CC/C=C\C/C=C\C/C=C\CCCCCCCCCC(=O)OC(COCCCCCCCCCCCCCCCCCCCC)COP(=O)([O-])OCC[N+](C)(C)C. The van der Waals surface area contributed by atoms with Crippen LogP contribution in [0.1, 0.15) is 206 Å². The number of nitrogens with zero attached hydrogens (tertiary/aromatic N) is 1. The quantitative estimate of drug-likeness (QED) is 0.0198. The standard InChI is InChI=1S/C48H92NO7P/c1-6-8-10-12-14-16-18-20-22-24-26-28-30-32-34-36-38-40-43-53-45-47(46-55-57(51,52)54-44-42-49(3,4)5)56-48(50)41-39-37-35-33-31-29-27-25-23-21-19-17-15-13-11-9-7-2/h9,11,15,17,21,23,47H,6-8,10,12-14,16,18-20,22,24-46H2,1-5H3/b11-9-,17-15-,23-21-. The molecule has 0 spiro atoms. The minimum Gasteiger partial charge on any atom is -0.756 e. The van der Waals surface area contributed by atoms with Crippen molar-refractivity contribution in [2.75, 3.05) is 54.1 Å². The van der Waals surface area contributed by atoms with E-state index in [0.29, 0.717) is 24.1 Å². The smallest absolute Gasteiger partial charge is 0.306 e. The molecule has 0 fully saturated rings. The highest BCUT2D eigenvalue weighted by Crippen LogP contribution is 2.38. The molecule has 0 saturated heterocycles. The molecular formula is C48H92NO7P. The Labute approximate surface area is 353 Å². The van der Waals surface area contributed by atoms with Gasteiger partial charge in [-0.3, -0.25) is 9.36 Å². The van der Waals surface area contributed by atoms with E-state index in [9.17, 15) is 14.3 Å². The number of likely N-dealkylation sites (N-methyl/N-ethyl adjacent to an activating group) is 1. The highest BCUT2D eigenvalue weighted by Gasteiger charge is 2.20. The van der Waals surface area contributed by atoms with Crippen LogP contribution in [0.25, 0.3) is 0 Å². The van der Waals surface area contributed by atoms with Crippen LogP contribution in [0.5, 0.6) is 0 Å². The van der Waals surface area contributed by atoms with Gasteiger partial charge in [-0.05, 0) is 44.9 Å². The predicted molar refractivity (Wildman–Crippen MR) is 240 cm³/mol. The number of allylic oxidation sites excluding steroid dienone is 6. The zero-order valence-corrected chi connectivity index (χ0v) is 38.9. The summed E-state index contributed by atoms with van der Waals surface area (Å²) in [5.74, 6) is -0.342. The summed E-state index contributed by atoms with van der Waals surface area (Å²) in [7, 11) is 1.35. The van der Waals surface area contributed by atoms with Gasteiger partial charge in [-0.15, -0.1) is 0 Å². The van der Waals surface area contributed by atoms with Crippen molar-refractivity contribution in [3.63, 3.8) is 0 Å². The lowest BCUT2D eigenvalue weighted by Gasteiger charge is -2.28. The summed E-state index contributed by atoms with van der Waals surface area (Å²) in [5, 5.41) is 0. The molecule has 0 rings (SSSR count). The summed E-state index contributed by atoms with van der Waals surface area (Å²) in [4.78, 5) is 25.1. The number of ether oxygens (including phenoxy) is 2. The van der Waals surface area contributed by atoms with Crippen LogP contribution in [-0.4, -0.2) is 70.7 Å². The van der Waals surface area contributed by atoms with Gasteiger partial charge >= 0.3 is 5.97 Å². The van der Waals surface area contributed by atoms with Gasteiger partial charge in [0.25, 0.3) is 7.82 Å². The first-order valence-corrected chi connectivity index (χ1v) is 25.2. The first-order chi connectivity index (χ1) is 27.6. The molecule has 2 unspecified atom stereocenters. The summed E-state index contributed by atoms with van der Waals surface area (Å²) in [6, 6.07) is 0. The molecule has 2 atom stereocenters. The molecule has 8 nitrogen and oxygen atoms in total. The number of carbonyl (C=O) groups excluding carboxylic acids is 1. The molecule has 0 saturated carbocycles. The molecule has 0 aromatic rings. The number of esters is 1. The van der Waals surface area contributed by atoms with E-state index < -0.39 is 13.9 Å². The van der Waals surface area contributed by atoms with E-state index in [2.05, 4.69) is 50.3 Å². The van der Waals surface area contributed by atoms with Crippen molar-refractivity contribution in [3.05, 3.63) is 36.5 Å². The van der Waals surface area contributed by atoms with Crippen LogP contribution in [0.4, 0.5) is 0 Å². The van der Waals surface area contributed by atoms with Crippen molar-refractivity contribution in [3.8, 4) is 0 Å². The van der Waals surface area contributed by atoms with Gasteiger partial charge in [-0.1, -0.05) is 192 Å². The summed E-state index contributed by atoms with van der Waals surface area (Å²) in [6.45, 7) is 5.32. The van der Waals surface area contributed by atoms with Crippen molar-refractivity contribution in [2.24, 2.45) is 0 Å². The minimum absolute atomic E-state index is 0.0249. The first-order valence-electron chi connectivity index (χ1n) is 23.7. The molecule has 0 aromatic carbocycles. The number of phosphoric acid groups is 1. The van der Waals surface area contributed by atoms with Crippen molar-refractivity contribution in [1.82, 2.24) is 0 Å². The van der Waals surface area contributed by atoms with Crippen LogP contribution in [0.15, 0.2) is 36.5 Å². The van der Waals surface area contributed by atoms with E-state index in [1.54, 1.807) is 0 Å². The number of hydrogen-bond acceptors (Lipinski definition) is 7. The Morgan fingerprint density at radius 2 is 1.02 bits per heavy atom. The largest absolute Gasteiger partial charge is 0.756 e. The molecule has 0 N–H and O–H groups in total. The number of phosphoric ester groups is 1. The second-order valence-electron chi connectivity index (χ2n) is 17.1. The van der Waals surface area contributed by atoms with Crippen LogP contribution in [0.3, 0.4) is 0 Å². The van der Waals surface area contributed by atoms with E-state index in [1.165, 1.54) is 128 Å². The third-order valence-corrected chi connectivity index (χ3v) is 11.2. The molecule has 0 aliphatic heterocycles. The molecule has 0 aromatic heterocycles. The second kappa shape index (κ2) is 41.5. The van der Waals surface area contributed by atoms with E-state index >= 15 is 0 Å². The first kappa shape index (κ1) is 55.7. The molecule has 0 aliphatic carbocycles. The molecule has 0 bridgehead atoms. The van der Waals surface area contributed by atoms with E-state index in [4.69, 9.17) is 18.5 Å². The number of carbonyl (C=O) groups is 1. The Morgan fingerprint density at radius 1 is 0.561 bits per heavy atom. The average Bonchev–Trinajstić information content (AvgIpc) is 3.16. The lowest BCUT2D eigenvalue weighted by molar-refractivity contribution is -0.870. The zero-order valence-electron chi connectivity index (χ0n) is 38.0. The lowest BCUT2D eigenvalue weighted by Crippen LogP contribution is -2.37. The molecule has 0 radical (unpaired) electrons. The summed E-state index contributed by atoms with van der Waals surface area (Å²) in [5.41, 5.74) is 0. The van der Waals surface area contributed by atoms with Crippen LogP contribution >= 0.6 is 7.82 Å². The molecule has 9 heteroatoms. The summed E-state index contributed by atoms with van der Waals surface area (Å²) < 4.78 is 34.7. The molecule has 57 heavy (non-hydrogen) atoms. The van der Waals surface area contributed by atoms with Gasteiger partial charge in [0.2, 0.25) is 0 Å². The van der Waals surface area contributed by atoms with Gasteiger partial charge in [0.15, 0.2) is 0 Å². The van der Waals surface area contributed by atoms with E-state index in [-0.39, 0.29) is 25.8 Å². The van der Waals surface area contributed by atoms with E-state index in [0.717, 1.165) is 57.8 Å². The Balaban J connectivity index is 4.18. The number of quaternary nitrogens is 1. The van der Waals surface area contributed by atoms with Gasteiger partial charge in [0.1, 0.15) is 19.3 Å². The summed E-state index contributed by atoms with van der Waals surface area (Å²) in [6.07, 6.45) is 48.7. The Bertz CT molecular complexity index is 1010. The number of rotatable bonds is 44. The fourth-order valence-electron chi connectivity index (χ4n) is 6.56. The maximum Gasteiger partial charge on any atom is 0.306 e. The predicted octanol–water partition coefficient (Wildman–Crippen LogP) is 13.5. The van der Waals surface area contributed by atoms with E-state index in [1.807, 2.05) is 21.1 Å². The van der Waals surface area contributed by atoms with Gasteiger partial charge in [-0.2, -0.15) is 0 Å². The average molecular weight is 826 g/mol. The third kappa shape index (κ3) is 45.7. The van der Waals surface area contributed by atoms with Crippen LogP contribution < -0.4 is 4.89 Å². The maximum absolute atomic E-state index is 12.7. The molecule has 336 valence electrons. The number of hydrogen-bond donors (Lipinski definition) is 0. The fraction of sp³-hybridized carbons (Fsp3) is 0.854. The fourth-order valence-corrected chi connectivity index (χ4v) is 7.29. The van der Waals surface area contributed by atoms with Crippen LogP contribution in [0, 0.1) is 0 Å². The summed E-state index contributed by atoms with van der Waals surface area (Å²) >= 11 is 0. The lowest BCUT2D eigenvalue weighted by atomic mass is 10.0. The zero-order chi connectivity index (χ0) is 42.0. The Hall–Kier alpha value is -1.28. The Morgan fingerprint density at radius 3 is 1.53 bits per heavy atom. The minimum atomic E-state index is -4.53. The van der Waals surface area contributed by atoms with Crippen molar-refractivity contribution >= 4 is 13.8 Å². The second-order valence-corrected chi connectivity index (χ2v) is 18.5. The normalized spacial score (nSPS) is 14.0. The molecular weight excluding hydrogens is 734 g/mol. The van der Waals surface area contributed by atoms with Crippen LogP contribution in [0.2, 0.25) is 0 Å². The van der Waals surface area contributed by atoms with Gasteiger partial charge in [0, 0.05) is 13.0 Å². The molecule has 0 aliphatic rings. The molecule has 0 heterocycles. The topological polar surface area (TPSA) is 94.1 Å². The van der Waals surface area contributed by atoms with Crippen molar-refractivity contribution < 1.29 is 37.3 Å². The van der Waals surface area contributed by atoms with Gasteiger partial charge in [-0.25, -0.2) is 0 Å². The maximum atomic E-state index is 12.7. The van der Waals surface area contributed by atoms with Crippen molar-refractivity contribution in [1.29, 1.82) is 0 Å². The van der Waals surface area contributed by atoms with Crippen molar-refractivity contribution in [2.45, 2.75) is 213 Å². The van der Waals surface area contributed by atoms with Gasteiger partial charge < -0.3 is 27.9 Å². The van der Waals surface area contributed by atoms with Crippen LogP contribution in [-0.2, 0) is 27.9 Å². The highest BCUT2D eigenvalue weighted by molar-refractivity contribution is 7.45. The monoisotopic (exact) mass is 826 g/mol. The number of unbranched alkanes of at least 4 members (excludes halogenated alkanes) is 24. The Kier molecular flexibility index (Phi) is 40.5.